The molecule has 1 aromatic rings. The van der Waals surface area contributed by atoms with Crippen molar-refractivity contribution in [1.29, 1.82) is 0 Å². The van der Waals surface area contributed by atoms with E-state index >= 15 is 0 Å². The Morgan fingerprint density at radius 3 is 2.24 bits per heavy atom. The number of esters is 1. The van der Waals surface area contributed by atoms with E-state index in [4.69, 9.17) is 4.74 Å². The third kappa shape index (κ3) is 3.68. The van der Waals surface area contributed by atoms with Crippen LogP contribution in [0.2, 0.25) is 0 Å². The van der Waals surface area contributed by atoms with Crippen LogP contribution in [-0.2, 0) is 19.6 Å². The average molecular weight is 311 g/mol. The third-order valence-corrected chi connectivity index (χ3v) is 5.11. The fourth-order valence-corrected chi connectivity index (χ4v) is 3.61. The zero-order chi connectivity index (χ0) is 15.5. The van der Waals surface area contributed by atoms with Crippen LogP contribution in [0.15, 0.2) is 29.2 Å². The maximum atomic E-state index is 12.3. The zero-order valence-corrected chi connectivity index (χ0v) is 12.6. The van der Waals surface area contributed by atoms with Crippen LogP contribution < -0.4 is 0 Å². The molecule has 0 amide bonds. The van der Waals surface area contributed by atoms with Crippen molar-refractivity contribution < 1.29 is 22.7 Å². The highest BCUT2D eigenvalue weighted by Gasteiger charge is 2.27. The van der Waals surface area contributed by atoms with Crippen LogP contribution in [0, 0.1) is 0 Å². The van der Waals surface area contributed by atoms with Gasteiger partial charge in [-0.3, -0.25) is 4.79 Å². The van der Waals surface area contributed by atoms with E-state index in [2.05, 4.69) is 0 Å². The first-order valence-electron chi connectivity index (χ1n) is 6.68. The number of hydrogen-bond acceptors (Lipinski definition) is 5. The largest absolute Gasteiger partial charge is 0.454 e. The maximum Gasteiger partial charge on any atom is 0.338 e. The van der Waals surface area contributed by atoms with Gasteiger partial charge < -0.3 is 4.74 Å². The van der Waals surface area contributed by atoms with Crippen molar-refractivity contribution in [3.05, 3.63) is 29.8 Å². The minimum Gasteiger partial charge on any atom is -0.454 e. The predicted molar refractivity (Wildman–Crippen MR) is 75.4 cm³/mol. The first-order chi connectivity index (χ1) is 9.91. The first kappa shape index (κ1) is 15.7. The lowest BCUT2D eigenvalue weighted by Crippen LogP contribution is -2.27. The van der Waals surface area contributed by atoms with Crippen LogP contribution in [-0.4, -0.2) is 44.2 Å². The number of Topliss-reactive ketones (excluding diaryl/α,β-unsaturated/α-hetero) is 1. The van der Waals surface area contributed by atoms with Crippen molar-refractivity contribution in [2.75, 3.05) is 19.7 Å². The molecule has 0 aliphatic carbocycles. The van der Waals surface area contributed by atoms with Gasteiger partial charge in [-0.2, -0.15) is 4.31 Å². The summed E-state index contributed by atoms with van der Waals surface area (Å²) in [6, 6.07) is 5.56. The summed E-state index contributed by atoms with van der Waals surface area (Å²) in [4.78, 5) is 22.5. The summed E-state index contributed by atoms with van der Waals surface area (Å²) in [5.41, 5.74) is 0.219. The van der Waals surface area contributed by atoms with Crippen LogP contribution in [0.5, 0.6) is 0 Å². The van der Waals surface area contributed by atoms with Gasteiger partial charge in [0.1, 0.15) is 6.61 Å². The topological polar surface area (TPSA) is 80.8 Å². The Balaban J connectivity index is 2.11. The Morgan fingerprint density at radius 2 is 1.71 bits per heavy atom. The van der Waals surface area contributed by atoms with Gasteiger partial charge in [0.15, 0.2) is 5.78 Å². The lowest BCUT2D eigenvalue weighted by molar-refractivity contribution is -0.120. The molecule has 6 nitrogen and oxygen atoms in total. The van der Waals surface area contributed by atoms with Gasteiger partial charge in [0.25, 0.3) is 0 Å². The van der Waals surface area contributed by atoms with Crippen LogP contribution >= 0.6 is 0 Å². The molecule has 21 heavy (non-hydrogen) atoms. The number of nitrogens with zero attached hydrogens (tertiary/aromatic N) is 1. The van der Waals surface area contributed by atoms with Crippen molar-refractivity contribution in [2.24, 2.45) is 0 Å². The summed E-state index contributed by atoms with van der Waals surface area (Å²) in [7, 11) is -3.48. The third-order valence-electron chi connectivity index (χ3n) is 3.20. The molecule has 1 aliphatic heterocycles. The Morgan fingerprint density at radius 1 is 1.14 bits per heavy atom. The highest BCUT2D eigenvalue weighted by molar-refractivity contribution is 7.89. The molecule has 1 aliphatic rings. The van der Waals surface area contributed by atoms with Crippen molar-refractivity contribution >= 4 is 21.8 Å². The molecule has 1 heterocycles. The van der Waals surface area contributed by atoms with E-state index in [-0.39, 0.29) is 22.8 Å². The second kappa shape index (κ2) is 6.36. The molecule has 0 saturated carbocycles. The number of carbonyl (C=O) groups is 2. The minimum absolute atomic E-state index is 0.160. The summed E-state index contributed by atoms with van der Waals surface area (Å²) >= 11 is 0. The van der Waals surface area contributed by atoms with E-state index in [9.17, 15) is 18.0 Å². The highest BCUT2D eigenvalue weighted by Crippen LogP contribution is 2.21. The average Bonchev–Trinajstić information content (AvgIpc) is 2.99. The molecular formula is C14H17NO5S. The molecule has 114 valence electrons. The fourth-order valence-electron chi connectivity index (χ4n) is 2.09. The summed E-state index contributed by atoms with van der Waals surface area (Å²) in [5, 5.41) is 0. The van der Waals surface area contributed by atoms with Gasteiger partial charge >= 0.3 is 5.97 Å². The van der Waals surface area contributed by atoms with Crippen molar-refractivity contribution in [2.45, 2.75) is 24.7 Å². The standard InChI is InChI=1S/C14H17NO5S/c1-11(16)10-20-14(17)12-4-6-13(7-5-12)21(18,19)15-8-2-3-9-15/h4-7H,2-3,8-10H2,1H3. The number of rotatable bonds is 5. The predicted octanol–water partition coefficient (Wildman–Crippen LogP) is 1.22. The second-order valence-electron chi connectivity index (χ2n) is 4.91. The van der Waals surface area contributed by atoms with Gasteiger partial charge in [0.2, 0.25) is 10.0 Å². The number of ketones is 1. The minimum atomic E-state index is -3.48. The van der Waals surface area contributed by atoms with E-state index in [0.29, 0.717) is 13.1 Å². The quantitative estimate of drug-likeness (QED) is 0.764. The molecule has 1 fully saturated rings. The van der Waals surface area contributed by atoms with Crippen molar-refractivity contribution in [3.8, 4) is 0 Å². The SMILES string of the molecule is CC(=O)COC(=O)c1ccc(S(=O)(=O)N2CCCC2)cc1. The van der Waals surface area contributed by atoms with Crippen LogP contribution in [0.25, 0.3) is 0 Å². The molecule has 0 N–H and O–H groups in total. The molecule has 0 radical (unpaired) electrons. The van der Waals surface area contributed by atoms with Gasteiger partial charge in [-0.25, -0.2) is 13.2 Å². The smallest absolute Gasteiger partial charge is 0.338 e. The molecule has 1 saturated heterocycles. The van der Waals surface area contributed by atoms with Gasteiger partial charge in [-0.15, -0.1) is 0 Å². The molecule has 1 aromatic carbocycles. The van der Waals surface area contributed by atoms with Gasteiger partial charge in [0.05, 0.1) is 10.5 Å². The molecule has 0 bridgehead atoms. The summed E-state index contributed by atoms with van der Waals surface area (Å²) < 4.78 is 30.8. The zero-order valence-electron chi connectivity index (χ0n) is 11.7. The van der Waals surface area contributed by atoms with Gasteiger partial charge in [-0.05, 0) is 44.0 Å². The van der Waals surface area contributed by atoms with E-state index in [0.717, 1.165) is 12.8 Å². The van der Waals surface area contributed by atoms with Gasteiger partial charge in [-0.1, -0.05) is 0 Å². The summed E-state index contributed by atoms with van der Waals surface area (Å²) in [5.74, 6) is -0.896. The molecule has 0 unspecified atom stereocenters. The van der Waals surface area contributed by atoms with E-state index in [1.807, 2.05) is 0 Å². The summed E-state index contributed by atoms with van der Waals surface area (Å²) in [6.45, 7) is 2.10. The number of benzene rings is 1. The number of ether oxygens (including phenoxy) is 1. The van der Waals surface area contributed by atoms with Crippen LogP contribution in [0.3, 0.4) is 0 Å². The summed E-state index contributed by atoms with van der Waals surface area (Å²) in [6.07, 6.45) is 1.74. The molecule has 0 aromatic heterocycles. The first-order valence-corrected chi connectivity index (χ1v) is 8.12. The van der Waals surface area contributed by atoms with Gasteiger partial charge in [0, 0.05) is 13.1 Å². The Kier molecular flexibility index (Phi) is 4.74. The van der Waals surface area contributed by atoms with Crippen LogP contribution in [0.4, 0.5) is 0 Å². The number of hydrogen-bond donors (Lipinski definition) is 0. The fraction of sp³-hybridized carbons (Fsp3) is 0.429. The molecule has 0 atom stereocenters. The maximum absolute atomic E-state index is 12.3. The van der Waals surface area contributed by atoms with E-state index < -0.39 is 16.0 Å². The molecule has 0 spiro atoms. The molecular weight excluding hydrogens is 294 g/mol. The number of carbonyl (C=O) groups excluding carboxylic acids is 2. The Bertz CT molecular complexity index is 630. The van der Waals surface area contributed by atoms with E-state index in [1.54, 1.807) is 0 Å². The lowest BCUT2D eigenvalue weighted by Gasteiger charge is -2.15. The monoisotopic (exact) mass is 311 g/mol. The molecule has 2 rings (SSSR count). The van der Waals surface area contributed by atoms with Crippen molar-refractivity contribution in [1.82, 2.24) is 4.31 Å². The van der Waals surface area contributed by atoms with Crippen LogP contribution in [0.1, 0.15) is 30.1 Å². The Labute approximate surface area is 123 Å². The molecule has 7 heteroatoms. The Hall–Kier alpha value is -1.73. The normalized spacial score (nSPS) is 15.9. The number of sulfonamides is 1. The second-order valence-corrected chi connectivity index (χ2v) is 6.85. The van der Waals surface area contributed by atoms with Crippen molar-refractivity contribution in [3.63, 3.8) is 0 Å². The van der Waals surface area contributed by atoms with E-state index in [1.165, 1.54) is 35.5 Å². The highest BCUT2D eigenvalue weighted by atomic mass is 32.2. The lowest BCUT2D eigenvalue weighted by atomic mass is 10.2.